The maximum atomic E-state index is 11.6. The van der Waals surface area contributed by atoms with Crippen molar-refractivity contribution >= 4 is 11.0 Å². The number of aromatic nitrogens is 3. The van der Waals surface area contributed by atoms with Crippen molar-refractivity contribution in [2.24, 2.45) is 0 Å². The molecule has 0 unspecified atom stereocenters. The number of phenols is 1. The van der Waals surface area contributed by atoms with Gasteiger partial charge in [-0.05, 0) is 105 Å². The third-order valence-corrected chi connectivity index (χ3v) is 12.5. The second-order valence-electron chi connectivity index (χ2n) is 18.1. The van der Waals surface area contributed by atoms with E-state index < -0.39 is 12.7 Å². The van der Waals surface area contributed by atoms with Crippen molar-refractivity contribution < 1.29 is 31.7 Å². The van der Waals surface area contributed by atoms with Crippen molar-refractivity contribution in [3.8, 4) is 89.7 Å². The normalized spacial score (nSPS) is 12.7. The molecule has 0 aliphatic carbocycles. The van der Waals surface area contributed by atoms with Crippen LogP contribution < -0.4 is 0 Å². The van der Waals surface area contributed by atoms with E-state index in [4.69, 9.17) is 15.5 Å². The summed E-state index contributed by atoms with van der Waals surface area (Å²) < 4.78 is 37.4. The fraction of sp³-hybridized carbons (Fsp3) is 0.129. The molecular weight excluding hydrogens is 998 g/mol. The fourth-order valence-corrected chi connectivity index (χ4v) is 8.82. The SMILES string of the molecule is [2H]C([2H])([2H])c1cc(-n2c(-c3ccccc3O)nc3c(-c4[c-]c(-c5cc(-c6ccc(C([2H])(C)C)cc6)ccn5)cc(-c5ccccc5)c4)cccc32)c(-c2ccc(C(C)(C)C)cc2)cc1-c1ccccc1.[Pt]. The monoisotopic (exact) mass is 1050 g/mol. The average Bonchev–Trinajstić information content (AvgIpc) is 3.75. The zero-order chi connectivity index (χ0) is 49.0. The second kappa shape index (κ2) is 18.6. The Labute approximate surface area is 414 Å². The summed E-state index contributed by atoms with van der Waals surface area (Å²) >= 11 is 0. The number of rotatable bonds is 9. The molecule has 10 rings (SSSR count). The largest absolute Gasteiger partial charge is 0.507 e. The number of aryl methyl sites for hydroxylation is 1. The van der Waals surface area contributed by atoms with Gasteiger partial charge in [-0.15, -0.1) is 23.8 Å². The Morgan fingerprint density at radius 3 is 1.90 bits per heavy atom. The quantitative estimate of drug-likeness (QED) is 0.147. The molecule has 67 heavy (non-hydrogen) atoms. The van der Waals surface area contributed by atoms with Gasteiger partial charge in [-0.3, -0.25) is 9.55 Å². The molecule has 0 amide bonds. The topological polar surface area (TPSA) is 50.9 Å². The third kappa shape index (κ3) is 8.95. The van der Waals surface area contributed by atoms with Crippen LogP contribution in [0.4, 0.5) is 0 Å². The van der Waals surface area contributed by atoms with Gasteiger partial charge in [0.05, 0.1) is 22.3 Å². The van der Waals surface area contributed by atoms with Gasteiger partial charge in [0.25, 0.3) is 0 Å². The van der Waals surface area contributed by atoms with Crippen LogP contribution in [0.25, 0.3) is 95.0 Å². The molecule has 8 aromatic carbocycles. The fourth-order valence-electron chi connectivity index (χ4n) is 8.82. The molecule has 0 aliphatic heterocycles. The molecule has 5 heteroatoms. The molecule has 2 heterocycles. The molecule has 0 radical (unpaired) electrons. The van der Waals surface area contributed by atoms with E-state index in [-0.39, 0.29) is 37.8 Å². The summed E-state index contributed by atoms with van der Waals surface area (Å²) in [5.74, 6) is -0.219. The minimum atomic E-state index is -2.48. The summed E-state index contributed by atoms with van der Waals surface area (Å²) in [5, 5.41) is 11.6. The molecule has 1 N–H and O–H groups in total. The zero-order valence-corrected chi connectivity index (χ0v) is 40.4. The van der Waals surface area contributed by atoms with Gasteiger partial charge in [0.15, 0.2) is 0 Å². The molecule has 0 aliphatic rings. The number of benzene rings is 8. The van der Waals surface area contributed by atoms with E-state index in [2.05, 4.69) is 93.6 Å². The van der Waals surface area contributed by atoms with E-state index in [1.165, 1.54) is 5.56 Å². The minimum absolute atomic E-state index is 0. The first-order valence-corrected chi connectivity index (χ1v) is 22.4. The van der Waals surface area contributed by atoms with E-state index >= 15 is 0 Å². The zero-order valence-electron chi connectivity index (χ0n) is 42.1. The van der Waals surface area contributed by atoms with Gasteiger partial charge in [-0.2, -0.15) is 0 Å². The molecule has 0 saturated heterocycles. The second-order valence-corrected chi connectivity index (χ2v) is 18.1. The number of para-hydroxylation sites is 2. The first kappa shape index (κ1) is 40.2. The van der Waals surface area contributed by atoms with Gasteiger partial charge >= 0.3 is 0 Å². The molecule has 10 aromatic rings. The van der Waals surface area contributed by atoms with E-state index in [9.17, 15) is 5.11 Å². The van der Waals surface area contributed by atoms with Gasteiger partial charge in [0.2, 0.25) is 0 Å². The molecule has 332 valence electrons. The Kier molecular flexibility index (Phi) is 11.2. The standard InChI is InChI=1S/C62H52N3O.Pt/c1-40(2)42-24-26-44(27-25-42)47-32-33-63-56(38-47)50-36-48(43-16-9-7-10-17-43)35-49(37-50)52-21-15-22-57-60(52)64-61(53-20-13-14-23-59(53)66)65(57)58-34-41(3)54(45-18-11-8-12-19-45)39-55(58)46-28-30-51(31-29-46)62(4,5)6;/h7-36,38-40,66H,1-6H3;/q-1;/i3D3,40D;. The van der Waals surface area contributed by atoms with Crippen LogP contribution >= 0.6 is 0 Å². The molecule has 0 spiro atoms. The van der Waals surface area contributed by atoms with Crippen molar-refractivity contribution in [3.05, 3.63) is 217 Å². The maximum Gasteiger partial charge on any atom is 0.148 e. The minimum Gasteiger partial charge on any atom is -0.507 e. The van der Waals surface area contributed by atoms with Crippen LogP contribution in [0.15, 0.2) is 194 Å². The number of phenolic OH excluding ortho intramolecular Hbond substituents is 1. The summed E-state index contributed by atoms with van der Waals surface area (Å²) in [6.45, 7) is 7.85. The van der Waals surface area contributed by atoms with Crippen LogP contribution in [0, 0.1) is 12.9 Å². The number of pyridine rings is 1. The predicted octanol–water partition coefficient (Wildman–Crippen LogP) is 16.3. The van der Waals surface area contributed by atoms with Crippen LogP contribution in [0.5, 0.6) is 5.75 Å². The van der Waals surface area contributed by atoms with Gasteiger partial charge in [0, 0.05) is 44.0 Å². The average molecular weight is 1050 g/mol. The molecule has 0 fully saturated rings. The summed E-state index contributed by atoms with van der Waals surface area (Å²) in [6.07, 6.45) is 1.82. The Bertz CT molecular complexity index is 3540. The van der Waals surface area contributed by atoms with E-state index in [0.717, 1.165) is 66.9 Å². The summed E-state index contributed by atoms with van der Waals surface area (Å²) in [6, 6.07) is 65.6. The van der Waals surface area contributed by atoms with E-state index in [1.54, 1.807) is 18.2 Å². The number of nitrogens with zero attached hydrogens (tertiary/aromatic N) is 3. The number of aromatic hydroxyl groups is 1. The van der Waals surface area contributed by atoms with Crippen LogP contribution in [0.3, 0.4) is 0 Å². The molecular formula is C62H52N3OPt-. The van der Waals surface area contributed by atoms with Gasteiger partial charge in [-0.1, -0.05) is 191 Å². The van der Waals surface area contributed by atoms with Crippen molar-refractivity contribution in [2.45, 2.75) is 52.8 Å². The molecule has 0 saturated carbocycles. The summed E-state index contributed by atoms with van der Waals surface area (Å²) in [5.41, 5.74) is 14.9. The first-order chi connectivity index (χ1) is 33.5. The van der Waals surface area contributed by atoms with Crippen molar-refractivity contribution in [1.82, 2.24) is 14.5 Å². The van der Waals surface area contributed by atoms with Gasteiger partial charge < -0.3 is 5.11 Å². The Morgan fingerprint density at radius 2 is 1.21 bits per heavy atom. The number of fused-ring (bicyclic) bond motifs is 1. The van der Waals surface area contributed by atoms with Crippen molar-refractivity contribution in [3.63, 3.8) is 0 Å². The summed E-state index contributed by atoms with van der Waals surface area (Å²) in [7, 11) is 0. The smallest absolute Gasteiger partial charge is 0.148 e. The number of imidazole rings is 1. The Hall–Kier alpha value is -7.13. The van der Waals surface area contributed by atoms with Crippen molar-refractivity contribution in [1.29, 1.82) is 0 Å². The molecule has 2 aromatic heterocycles. The van der Waals surface area contributed by atoms with Gasteiger partial charge in [-0.25, -0.2) is 4.98 Å². The van der Waals surface area contributed by atoms with Gasteiger partial charge in [0.1, 0.15) is 11.6 Å². The van der Waals surface area contributed by atoms with Crippen molar-refractivity contribution in [2.75, 3.05) is 0 Å². The van der Waals surface area contributed by atoms with Crippen LogP contribution in [-0.2, 0) is 26.5 Å². The predicted molar refractivity (Wildman–Crippen MR) is 275 cm³/mol. The number of hydrogen-bond acceptors (Lipinski definition) is 3. The Balaban J connectivity index is 0.00000624. The Morgan fingerprint density at radius 1 is 0.582 bits per heavy atom. The first-order valence-electron chi connectivity index (χ1n) is 24.4. The van der Waals surface area contributed by atoms with Crippen LogP contribution in [-0.4, -0.2) is 19.6 Å². The number of hydrogen-bond donors (Lipinski definition) is 1. The van der Waals surface area contributed by atoms with E-state index in [1.807, 2.05) is 128 Å². The third-order valence-electron chi connectivity index (χ3n) is 12.5. The molecule has 0 bridgehead atoms. The maximum absolute atomic E-state index is 11.6. The van der Waals surface area contributed by atoms with Crippen LogP contribution in [0.1, 0.15) is 62.7 Å². The molecule has 0 atom stereocenters. The van der Waals surface area contributed by atoms with Crippen LogP contribution in [0.2, 0.25) is 0 Å². The van der Waals surface area contributed by atoms with E-state index in [0.29, 0.717) is 33.7 Å². The molecule has 4 nitrogen and oxygen atoms in total. The summed E-state index contributed by atoms with van der Waals surface area (Å²) in [4.78, 5) is 10.3.